The van der Waals surface area contributed by atoms with Crippen LogP contribution < -0.4 is 20.9 Å². The van der Waals surface area contributed by atoms with E-state index >= 15 is 0 Å². The minimum absolute atomic E-state index is 0.140. The molecule has 0 bridgehead atoms. The van der Waals surface area contributed by atoms with Crippen LogP contribution in [0.3, 0.4) is 0 Å². The third-order valence-corrected chi connectivity index (χ3v) is 6.71. The molecule has 3 heterocycles. The number of amides is 1. The molecule has 1 aliphatic rings. The topological polar surface area (TPSA) is 73.5 Å². The lowest BCUT2D eigenvalue weighted by Crippen LogP contribution is -2.38. The number of rotatable bonds is 6. The minimum atomic E-state index is -0.395. The maximum atomic E-state index is 13.5. The number of aromatic nitrogens is 2. The number of benzene rings is 2. The molecule has 0 N–H and O–H groups in total. The van der Waals surface area contributed by atoms with E-state index in [0.717, 1.165) is 24.2 Å². The summed E-state index contributed by atoms with van der Waals surface area (Å²) in [6, 6.07) is 16.4. The van der Waals surface area contributed by atoms with Crippen LogP contribution in [-0.4, -0.2) is 28.2 Å². The highest BCUT2D eigenvalue weighted by Gasteiger charge is 2.21. The maximum absolute atomic E-state index is 13.5. The van der Waals surface area contributed by atoms with E-state index < -0.39 is 5.69 Å². The average Bonchev–Trinajstić information content (AvgIpc) is 3.48. The van der Waals surface area contributed by atoms with Crippen molar-refractivity contribution >= 4 is 33.1 Å². The zero-order valence-electron chi connectivity index (χ0n) is 18.2. The summed E-state index contributed by atoms with van der Waals surface area (Å²) in [4.78, 5) is 40.4. The fraction of sp³-hybridized carbons (Fsp3) is 0.240. The number of thiophene rings is 1. The summed E-state index contributed by atoms with van der Waals surface area (Å²) in [6.45, 7) is 3.49. The van der Waals surface area contributed by atoms with Crippen LogP contribution in [0.4, 0.5) is 5.69 Å². The SMILES string of the molecule is CCOc1ccc(-n2c(=O)c3sccc3n(Cc3ccc(N4CCCC4=O)cc3)c2=O)cc1. The van der Waals surface area contributed by atoms with Crippen molar-refractivity contribution in [1.29, 1.82) is 0 Å². The maximum Gasteiger partial charge on any atom is 0.336 e. The van der Waals surface area contributed by atoms with Crippen LogP contribution in [0.25, 0.3) is 15.9 Å². The molecular weight excluding hydrogens is 438 g/mol. The zero-order valence-corrected chi connectivity index (χ0v) is 19.0. The number of fused-ring (bicyclic) bond motifs is 1. The van der Waals surface area contributed by atoms with Crippen molar-refractivity contribution in [2.75, 3.05) is 18.1 Å². The van der Waals surface area contributed by atoms with Crippen LogP contribution in [0.15, 0.2) is 69.6 Å². The molecular formula is C25H23N3O4S. The Labute approximate surface area is 194 Å². The number of carbonyl (C=O) groups is 1. The number of nitrogens with zero attached hydrogens (tertiary/aromatic N) is 3. The minimum Gasteiger partial charge on any atom is -0.494 e. The van der Waals surface area contributed by atoms with Gasteiger partial charge in [0.05, 0.1) is 24.4 Å². The van der Waals surface area contributed by atoms with Crippen molar-refractivity contribution in [1.82, 2.24) is 9.13 Å². The molecule has 168 valence electrons. The molecule has 1 aliphatic heterocycles. The second kappa shape index (κ2) is 8.71. The van der Waals surface area contributed by atoms with Crippen LogP contribution in [-0.2, 0) is 11.3 Å². The van der Waals surface area contributed by atoms with Crippen molar-refractivity contribution < 1.29 is 9.53 Å². The standard InChI is InChI=1S/C25H23N3O4S/c1-2-32-20-11-9-19(10-12-20)28-24(30)23-21(13-15-33-23)27(25(28)31)16-17-5-7-18(8-6-17)26-14-3-4-22(26)29/h5-13,15H,2-4,14,16H2,1H3. The first-order valence-electron chi connectivity index (χ1n) is 10.9. The van der Waals surface area contributed by atoms with Crippen LogP contribution in [0.5, 0.6) is 5.75 Å². The van der Waals surface area contributed by atoms with E-state index in [0.29, 0.717) is 41.2 Å². The van der Waals surface area contributed by atoms with Gasteiger partial charge in [0.15, 0.2) is 0 Å². The van der Waals surface area contributed by atoms with Crippen molar-refractivity contribution in [3.05, 3.63) is 86.4 Å². The van der Waals surface area contributed by atoms with Crippen LogP contribution in [0, 0.1) is 0 Å². The summed E-state index contributed by atoms with van der Waals surface area (Å²) in [5.74, 6) is 0.824. The summed E-state index contributed by atoms with van der Waals surface area (Å²) in [6.07, 6.45) is 1.46. The molecule has 1 saturated heterocycles. The van der Waals surface area contributed by atoms with Crippen LogP contribution in [0.2, 0.25) is 0 Å². The van der Waals surface area contributed by atoms with Crippen LogP contribution in [0.1, 0.15) is 25.3 Å². The van der Waals surface area contributed by atoms with Crippen molar-refractivity contribution in [2.24, 2.45) is 0 Å². The summed E-state index contributed by atoms with van der Waals surface area (Å²) >= 11 is 1.33. The number of hydrogen-bond acceptors (Lipinski definition) is 5. The third-order valence-electron chi connectivity index (χ3n) is 5.82. The number of carbonyl (C=O) groups excluding carboxylic acids is 1. The zero-order chi connectivity index (χ0) is 22.9. The molecule has 0 aliphatic carbocycles. The molecule has 7 nitrogen and oxygen atoms in total. The quantitative estimate of drug-likeness (QED) is 0.438. The second-order valence-electron chi connectivity index (χ2n) is 7.89. The largest absolute Gasteiger partial charge is 0.494 e. The Morgan fingerprint density at radius 3 is 2.33 bits per heavy atom. The molecule has 0 spiro atoms. The van der Waals surface area contributed by atoms with E-state index in [-0.39, 0.29) is 11.5 Å². The molecule has 0 atom stereocenters. The Balaban J connectivity index is 1.54. The Bertz CT molecular complexity index is 1430. The number of anilines is 1. The van der Waals surface area contributed by atoms with Gasteiger partial charge in [0, 0.05) is 18.7 Å². The molecule has 2 aromatic heterocycles. The van der Waals surface area contributed by atoms with Crippen molar-refractivity contribution in [3.8, 4) is 11.4 Å². The van der Waals surface area contributed by atoms with Gasteiger partial charge in [0.2, 0.25) is 5.91 Å². The van der Waals surface area contributed by atoms with Gasteiger partial charge in [0.25, 0.3) is 5.56 Å². The van der Waals surface area contributed by atoms with E-state index in [9.17, 15) is 14.4 Å². The lowest BCUT2D eigenvalue weighted by atomic mass is 10.2. The van der Waals surface area contributed by atoms with Gasteiger partial charge >= 0.3 is 5.69 Å². The van der Waals surface area contributed by atoms with Crippen molar-refractivity contribution in [2.45, 2.75) is 26.3 Å². The highest BCUT2D eigenvalue weighted by Crippen LogP contribution is 2.23. The molecule has 33 heavy (non-hydrogen) atoms. The Kier molecular flexibility index (Phi) is 5.60. The molecule has 2 aromatic carbocycles. The first-order chi connectivity index (χ1) is 16.1. The predicted molar refractivity (Wildman–Crippen MR) is 130 cm³/mol. The third kappa shape index (κ3) is 3.87. The lowest BCUT2D eigenvalue weighted by Gasteiger charge is -2.16. The highest BCUT2D eigenvalue weighted by molar-refractivity contribution is 7.17. The number of hydrogen-bond donors (Lipinski definition) is 0. The molecule has 1 amide bonds. The van der Waals surface area contributed by atoms with Gasteiger partial charge in [-0.1, -0.05) is 12.1 Å². The molecule has 0 saturated carbocycles. The molecule has 1 fully saturated rings. The normalized spacial score (nSPS) is 13.7. The van der Waals surface area contributed by atoms with Gasteiger partial charge in [-0.25, -0.2) is 9.36 Å². The van der Waals surface area contributed by atoms with Gasteiger partial charge in [0.1, 0.15) is 10.4 Å². The first kappa shape index (κ1) is 21.2. The Morgan fingerprint density at radius 2 is 1.67 bits per heavy atom. The Morgan fingerprint density at radius 1 is 0.939 bits per heavy atom. The molecule has 4 aromatic rings. The van der Waals surface area contributed by atoms with Gasteiger partial charge in [-0.2, -0.15) is 0 Å². The summed E-state index contributed by atoms with van der Waals surface area (Å²) in [5.41, 5.74) is 2.18. The van der Waals surface area contributed by atoms with E-state index in [1.165, 1.54) is 15.9 Å². The highest BCUT2D eigenvalue weighted by atomic mass is 32.1. The van der Waals surface area contributed by atoms with Gasteiger partial charge < -0.3 is 9.64 Å². The summed E-state index contributed by atoms with van der Waals surface area (Å²) in [7, 11) is 0. The molecule has 5 rings (SSSR count). The van der Waals surface area contributed by atoms with E-state index in [2.05, 4.69) is 0 Å². The van der Waals surface area contributed by atoms with Gasteiger partial charge in [-0.3, -0.25) is 14.2 Å². The predicted octanol–water partition coefficient (Wildman–Crippen LogP) is 3.79. The van der Waals surface area contributed by atoms with E-state index in [4.69, 9.17) is 4.74 Å². The fourth-order valence-electron chi connectivity index (χ4n) is 4.21. The molecule has 0 unspecified atom stereocenters. The monoisotopic (exact) mass is 461 g/mol. The fourth-order valence-corrected chi connectivity index (χ4v) is 5.03. The summed E-state index contributed by atoms with van der Waals surface area (Å²) < 4.78 is 8.85. The van der Waals surface area contributed by atoms with Gasteiger partial charge in [-0.05, 0) is 66.8 Å². The molecule has 8 heteroatoms. The van der Waals surface area contributed by atoms with Crippen molar-refractivity contribution in [3.63, 3.8) is 0 Å². The molecule has 0 radical (unpaired) electrons. The van der Waals surface area contributed by atoms with E-state index in [1.54, 1.807) is 33.7 Å². The van der Waals surface area contributed by atoms with Gasteiger partial charge in [-0.15, -0.1) is 11.3 Å². The lowest BCUT2D eigenvalue weighted by molar-refractivity contribution is -0.117. The number of ether oxygens (including phenoxy) is 1. The Hall–Kier alpha value is -3.65. The average molecular weight is 462 g/mol. The summed E-state index contributed by atoms with van der Waals surface area (Å²) in [5, 5.41) is 1.83. The van der Waals surface area contributed by atoms with E-state index in [1.807, 2.05) is 42.6 Å². The second-order valence-corrected chi connectivity index (χ2v) is 8.80. The first-order valence-corrected chi connectivity index (χ1v) is 11.8. The van der Waals surface area contributed by atoms with Crippen LogP contribution >= 0.6 is 11.3 Å². The smallest absolute Gasteiger partial charge is 0.336 e.